The van der Waals surface area contributed by atoms with E-state index in [-0.39, 0.29) is 23.9 Å². The number of nitrogens with one attached hydrogen (secondary N) is 3. The number of fused-ring (bicyclic) bond motifs is 1. The number of anilines is 1. The molecule has 2 aromatic carbocycles. The second-order valence-corrected chi connectivity index (χ2v) is 10.0. The molecule has 3 heterocycles. The van der Waals surface area contributed by atoms with Gasteiger partial charge < -0.3 is 20.5 Å². The van der Waals surface area contributed by atoms with Gasteiger partial charge in [-0.3, -0.25) is 9.59 Å². The van der Waals surface area contributed by atoms with Gasteiger partial charge in [0.15, 0.2) is 0 Å². The Kier molecular flexibility index (Phi) is 6.03. The van der Waals surface area contributed by atoms with Crippen LogP contribution in [0.2, 0.25) is 5.02 Å². The van der Waals surface area contributed by atoms with Crippen LogP contribution in [0.15, 0.2) is 42.5 Å². The van der Waals surface area contributed by atoms with Crippen molar-refractivity contribution >= 4 is 40.8 Å². The highest BCUT2D eigenvalue weighted by molar-refractivity contribution is 6.36. The fraction of sp³-hybridized carbons (Fsp3) is 0.286. The zero-order valence-electron chi connectivity index (χ0n) is 20.3. The average Bonchev–Trinajstić information content (AvgIpc) is 3.28. The van der Waals surface area contributed by atoms with Crippen molar-refractivity contribution in [1.82, 2.24) is 15.2 Å². The third kappa shape index (κ3) is 4.28. The van der Waals surface area contributed by atoms with Crippen LogP contribution < -0.4 is 10.6 Å². The van der Waals surface area contributed by atoms with E-state index in [1.54, 1.807) is 0 Å². The Morgan fingerprint density at radius 1 is 1.06 bits per heavy atom. The van der Waals surface area contributed by atoms with E-state index in [0.717, 1.165) is 39.3 Å². The molecule has 7 heteroatoms. The van der Waals surface area contributed by atoms with Gasteiger partial charge in [-0.1, -0.05) is 35.9 Å². The van der Waals surface area contributed by atoms with E-state index in [1.165, 1.54) is 0 Å². The van der Waals surface area contributed by atoms with E-state index in [1.807, 2.05) is 67.3 Å². The van der Waals surface area contributed by atoms with Crippen molar-refractivity contribution in [1.29, 1.82) is 0 Å². The Bertz CT molecular complexity index is 1350. The summed E-state index contributed by atoms with van der Waals surface area (Å²) in [5.74, 6) is -0.134. The van der Waals surface area contributed by atoms with E-state index in [2.05, 4.69) is 29.5 Å². The summed E-state index contributed by atoms with van der Waals surface area (Å²) in [5.41, 5.74) is 7.23. The van der Waals surface area contributed by atoms with Gasteiger partial charge in [-0.15, -0.1) is 0 Å². The predicted octanol–water partition coefficient (Wildman–Crippen LogP) is 5.27. The van der Waals surface area contributed by atoms with Crippen LogP contribution in [0.3, 0.4) is 0 Å². The molecule has 0 spiro atoms. The van der Waals surface area contributed by atoms with E-state index in [4.69, 9.17) is 11.6 Å². The molecule has 2 aliphatic heterocycles. The molecule has 0 unspecified atom stereocenters. The van der Waals surface area contributed by atoms with Gasteiger partial charge >= 0.3 is 0 Å². The minimum Gasteiger partial charge on any atom is -0.358 e. The fourth-order valence-corrected chi connectivity index (χ4v) is 5.42. The number of aromatic amines is 1. The molecule has 35 heavy (non-hydrogen) atoms. The first-order valence-electron chi connectivity index (χ1n) is 11.9. The maximum Gasteiger partial charge on any atom is 0.256 e. The van der Waals surface area contributed by atoms with Crippen molar-refractivity contribution in [2.45, 2.75) is 39.8 Å². The van der Waals surface area contributed by atoms with Crippen LogP contribution in [0, 0.1) is 13.8 Å². The van der Waals surface area contributed by atoms with Gasteiger partial charge in [0, 0.05) is 52.8 Å². The molecule has 1 saturated heterocycles. The Labute approximate surface area is 210 Å². The molecule has 2 atom stereocenters. The van der Waals surface area contributed by atoms with E-state index >= 15 is 0 Å². The molecular formula is C28H29ClN4O2. The highest BCUT2D eigenvalue weighted by Crippen LogP contribution is 2.41. The predicted molar refractivity (Wildman–Crippen MR) is 142 cm³/mol. The summed E-state index contributed by atoms with van der Waals surface area (Å²) in [6.07, 6.45) is 1.86. The number of hydrogen-bond donors (Lipinski definition) is 3. The highest BCUT2D eigenvalue weighted by atomic mass is 35.5. The minimum atomic E-state index is -0.161. The number of carbonyl (C=O) groups is 2. The van der Waals surface area contributed by atoms with Crippen LogP contribution in [0.4, 0.5) is 5.69 Å². The summed E-state index contributed by atoms with van der Waals surface area (Å²) in [7, 11) is 0. The van der Waals surface area contributed by atoms with Crippen molar-refractivity contribution < 1.29 is 9.59 Å². The molecular weight excluding hydrogens is 460 g/mol. The molecule has 3 aromatic rings. The van der Waals surface area contributed by atoms with Crippen molar-refractivity contribution in [3.8, 4) is 11.1 Å². The minimum absolute atomic E-state index is 0.0271. The number of aromatic nitrogens is 1. The molecule has 0 saturated carbocycles. The first-order valence-corrected chi connectivity index (χ1v) is 12.3. The normalized spacial score (nSPS) is 20.8. The first-order chi connectivity index (χ1) is 16.7. The van der Waals surface area contributed by atoms with Crippen LogP contribution >= 0.6 is 11.6 Å². The standard InChI is InChI=1S/C28H29ClN4O2/c1-15-13-33(14-16(2)30-15)28(35)25-17(3)24(31-18(25)4)12-22-26-21(19-8-10-20(29)11-9-19)6-5-7-23(26)32-27(22)34/h5-12,15-16,30-31H,13-14H2,1-4H3,(H,32,34)/b22-12-/t15-,16+. The van der Waals surface area contributed by atoms with Crippen LogP contribution in [0.1, 0.15) is 46.7 Å². The molecule has 2 aliphatic rings. The number of H-pyrrole nitrogens is 1. The molecule has 0 aliphatic carbocycles. The lowest BCUT2D eigenvalue weighted by molar-refractivity contribution is -0.110. The molecule has 6 nitrogen and oxygen atoms in total. The highest BCUT2D eigenvalue weighted by Gasteiger charge is 2.31. The molecule has 1 aromatic heterocycles. The van der Waals surface area contributed by atoms with Crippen molar-refractivity contribution in [3.05, 3.63) is 75.6 Å². The zero-order chi connectivity index (χ0) is 24.9. The second-order valence-electron chi connectivity index (χ2n) is 9.59. The van der Waals surface area contributed by atoms with Crippen LogP contribution in [-0.4, -0.2) is 46.9 Å². The summed E-state index contributed by atoms with van der Waals surface area (Å²) in [6.45, 7) is 9.39. The SMILES string of the molecule is Cc1[nH]c(/C=C2\C(=O)Nc3cccc(-c4ccc(Cl)cc4)c32)c(C)c1C(=O)N1C[C@@H](C)N[C@@H](C)C1. The summed E-state index contributed by atoms with van der Waals surface area (Å²) in [4.78, 5) is 31.8. The van der Waals surface area contributed by atoms with E-state index in [9.17, 15) is 9.59 Å². The van der Waals surface area contributed by atoms with Crippen molar-refractivity contribution in [3.63, 3.8) is 0 Å². The number of piperazine rings is 1. The number of aryl methyl sites for hydroxylation is 1. The lowest BCUT2D eigenvalue weighted by atomic mass is 9.94. The maximum atomic E-state index is 13.5. The molecule has 2 amide bonds. The van der Waals surface area contributed by atoms with Gasteiger partial charge in [0.05, 0.1) is 11.1 Å². The second kappa shape index (κ2) is 9.02. The van der Waals surface area contributed by atoms with Gasteiger partial charge in [0.2, 0.25) is 0 Å². The van der Waals surface area contributed by atoms with Gasteiger partial charge in [-0.25, -0.2) is 0 Å². The Morgan fingerprint density at radius 3 is 2.43 bits per heavy atom. The van der Waals surface area contributed by atoms with E-state index < -0.39 is 0 Å². The summed E-state index contributed by atoms with van der Waals surface area (Å²) in [5, 5.41) is 7.12. The molecule has 180 valence electrons. The number of halogens is 1. The quantitative estimate of drug-likeness (QED) is 0.440. The van der Waals surface area contributed by atoms with Crippen LogP contribution in [0.5, 0.6) is 0 Å². The number of carbonyl (C=O) groups excluding carboxylic acids is 2. The third-order valence-electron chi connectivity index (χ3n) is 6.81. The number of nitrogens with zero attached hydrogens (tertiary/aromatic N) is 1. The molecule has 0 bridgehead atoms. The van der Waals surface area contributed by atoms with Gasteiger partial charge in [0.25, 0.3) is 11.8 Å². The number of amides is 2. The Balaban J connectivity index is 1.55. The van der Waals surface area contributed by atoms with Crippen molar-refractivity contribution in [2.24, 2.45) is 0 Å². The lowest BCUT2D eigenvalue weighted by Crippen LogP contribution is -2.55. The third-order valence-corrected chi connectivity index (χ3v) is 7.06. The van der Waals surface area contributed by atoms with Gasteiger partial charge in [0.1, 0.15) is 0 Å². The number of rotatable bonds is 3. The monoisotopic (exact) mass is 488 g/mol. The molecule has 5 rings (SSSR count). The lowest BCUT2D eigenvalue weighted by Gasteiger charge is -2.36. The number of benzene rings is 2. The van der Waals surface area contributed by atoms with Gasteiger partial charge in [-0.05, 0) is 68.7 Å². The van der Waals surface area contributed by atoms with E-state index in [0.29, 0.717) is 29.2 Å². The summed E-state index contributed by atoms with van der Waals surface area (Å²) >= 11 is 6.09. The topological polar surface area (TPSA) is 77.2 Å². The Morgan fingerprint density at radius 2 is 1.74 bits per heavy atom. The summed E-state index contributed by atoms with van der Waals surface area (Å²) < 4.78 is 0. The van der Waals surface area contributed by atoms with Crippen molar-refractivity contribution in [2.75, 3.05) is 18.4 Å². The van der Waals surface area contributed by atoms with Gasteiger partial charge in [-0.2, -0.15) is 0 Å². The first kappa shape index (κ1) is 23.4. The average molecular weight is 489 g/mol. The largest absolute Gasteiger partial charge is 0.358 e. The molecule has 1 fully saturated rings. The fourth-order valence-electron chi connectivity index (χ4n) is 5.29. The summed E-state index contributed by atoms with van der Waals surface area (Å²) in [6, 6.07) is 13.9. The Hall–Kier alpha value is -3.35. The maximum absolute atomic E-state index is 13.5. The zero-order valence-corrected chi connectivity index (χ0v) is 21.1. The number of hydrogen-bond acceptors (Lipinski definition) is 3. The van der Waals surface area contributed by atoms with Crippen LogP contribution in [0.25, 0.3) is 22.8 Å². The molecule has 3 N–H and O–H groups in total. The van der Waals surface area contributed by atoms with Crippen LogP contribution in [-0.2, 0) is 4.79 Å². The smallest absolute Gasteiger partial charge is 0.256 e. The molecule has 0 radical (unpaired) electrons.